The molecule has 1 aliphatic heterocycles. The van der Waals surface area contributed by atoms with Crippen LogP contribution in [0.4, 0.5) is 0 Å². The van der Waals surface area contributed by atoms with E-state index in [1.807, 2.05) is 64.9 Å². The van der Waals surface area contributed by atoms with E-state index >= 15 is 0 Å². The number of carbonyl (C=O) groups excluding carboxylic acids is 1. The van der Waals surface area contributed by atoms with Gasteiger partial charge in [-0.15, -0.1) is 10.2 Å². The molecule has 6 heteroatoms. The second-order valence-electron chi connectivity index (χ2n) is 6.93. The molecule has 1 fully saturated rings. The first-order valence-corrected chi connectivity index (χ1v) is 9.53. The third-order valence-corrected chi connectivity index (χ3v) is 5.17. The van der Waals surface area contributed by atoms with E-state index in [-0.39, 0.29) is 5.91 Å². The molecule has 1 saturated heterocycles. The van der Waals surface area contributed by atoms with Crippen molar-refractivity contribution in [1.82, 2.24) is 19.5 Å². The normalized spacial score (nSPS) is 15.1. The van der Waals surface area contributed by atoms with E-state index in [0.717, 1.165) is 49.6 Å². The molecule has 0 atom stereocenters. The van der Waals surface area contributed by atoms with Crippen molar-refractivity contribution in [3.05, 3.63) is 54.2 Å². The SMILES string of the molecule is CCN(CC1CCOCC1)C(=O)c1cccc(-c2nnc3ccccn23)c1. The molecule has 1 aromatic carbocycles. The average molecular weight is 364 g/mol. The summed E-state index contributed by atoms with van der Waals surface area (Å²) in [6, 6.07) is 13.5. The van der Waals surface area contributed by atoms with Crippen LogP contribution < -0.4 is 0 Å². The lowest BCUT2D eigenvalue weighted by Crippen LogP contribution is -2.37. The highest BCUT2D eigenvalue weighted by Crippen LogP contribution is 2.22. The van der Waals surface area contributed by atoms with Crippen molar-refractivity contribution in [3.63, 3.8) is 0 Å². The van der Waals surface area contributed by atoms with Crippen LogP contribution >= 0.6 is 0 Å². The predicted molar refractivity (Wildman–Crippen MR) is 104 cm³/mol. The van der Waals surface area contributed by atoms with Crippen LogP contribution in [0.1, 0.15) is 30.1 Å². The molecule has 3 heterocycles. The largest absolute Gasteiger partial charge is 0.381 e. The molecule has 27 heavy (non-hydrogen) atoms. The predicted octanol–water partition coefficient (Wildman–Crippen LogP) is 3.29. The molecule has 3 aromatic rings. The summed E-state index contributed by atoms with van der Waals surface area (Å²) in [5.41, 5.74) is 2.37. The summed E-state index contributed by atoms with van der Waals surface area (Å²) in [6.45, 7) is 5.12. The maximum absolute atomic E-state index is 13.1. The minimum atomic E-state index is 0.0691. The lowest BCUT2D eigenvalue weighted by Gasteiger charge is -2.29. The maximum Gasteiger partial charge on any atom is 0.253 e. The van der Waals surface area contributed by atoms with Gasteiger partial charge in [0.15, 0.2) is 11.5 Å². The molecule has 0 saturated carbocycles. The smallest absolute Gasteiger partial charge is 0.253 e. The summed E-state index contributed by atoms with van der Waals surface area (Å²) in [5.74, 6) is 1.33. The van der Waals surface area contributed by atoms with Crippen molar-refractivity contribution in [2.75, 3.05) is 26.3 Å². The number of benzene rings is 1. The molecular formula is C21H24N4O2. The van der Waals surface area contributed by atoms with Crippen molar-refractivity contribution in [2.45, 2.75) is 19.8 Å². The van der Waals surface area contributed by atoms with Gasteiger partial charge in [0.25, 0.3) is 5.91 Å². The third-order valence-electron chi connectivity index (χ3n) is 5.17. The summed E-state index contributed by atoms with van der Waals surface area (Å²) in [7, 11) is 0. The Bertz CT molecular complexity index is 931. The number of carbonyl (C=O) groups is 1. The third kappa shape index (κ3) is 3.71. The van der Waals surface area contributed by atoms with E-state index in [1.54, 1.807) is 0 Å². The number of pyridine rings is 1. The van der Waals surface area contributed by atoms with E-state index in [2.05, 4.69) is 10.2 Å². The second-order valence-corrected chi connectivity index (χ2v) is 6.93. The van der Waals surface area contributed by atoms with Crippen LogP contribution in [0.2, 0.25) is 0 Å². The standard InChI is InChI=1S/C21H24N4O2/c1-2-24(15-16-9-12-27-13-10-16)21(26)18-7-5-6-17(14-18)20-23-22-19-8-3-4-11-25(19)20/h3-8,11,14,16H,2,9-10,12-13,15H2,1H3. The molecule has 0 bridgehead atoms. The number of hydrogen-bond donors (Lipinski definition) is 0. The molecule has 6 nitrogen and oxygen atoms in total. The Balaban J connectivity index is 1.58. The average Bonchev–Trinajstić information content (AvgIpc) is 3.16. The summed E-state index contributed by atoms with van der Waals surface area (Å²) in [5, 5.41) is 8.50. The Morgan fingerprint density at radius 1 is 1.19 bits per heavy atom. The van der Waals surface area contributed by atoms with Crippen molar-refractivity contribution < 1.29 is 9.53 Å². The number of ether oxygens (including phenoxy) is 1. The van der Waals surface area contributed by atoms with Crippen molar-refractivity contribution >= 4 is 11.6 Å². The van der Waals surface area contributed by atoms with Gasteiger partial charge in [0.1, 0.15) is 0 Å². The van der Waals surface area contributed by atoms with Crippen molar-refractivity contribution in [1.29, 1.82) is 0 Å². The Hall–Kier alpha value is -2.73. The maximum atomic E-state index is 13.1. The van der Waals surface area contributed by atoms with Crippen LogP contribution in [0.5, 0.6) is 0 Å². The lowest BCUT2D eigenvalue weighted by molar-refractivity contribution is 0.0467. The number of fused-ring (bicyclic) bond motifs is 1. The highest BCUT2D eigenvalue weighted by molar-refractivity contribution is 5.95. The topological polar surface area (TPSA) is 59.7 Å². The summed E-state index contributed by atoms with van der Waals surface area (Å²) >= 11 is 0. The van der Waals surface area contributed by atoms with Gasteiger partial charge in [-0.3, -0.25) is 9.20 Å². The highest BCUT2D eigenvalue weighted by Gasteiger charge is 2.21. The van der Waals surface area contributed by atoms with Crippen LogP contribution in [0.25, 0.3) is 17.0 Å². The van der Waals surface area contributed by atoms with Crippen LogP contribution in [-0.4, -0.2) is 51.7 Å². The van der Waals surface area contributed by atoms with Gasteiger partial charge in [0, 0.05) is 43.6 Å². The fraction of sp³-hybridized carbons (Fsp3) is 0.381. The Morgan fingerprint density at radius 2 is 2.04 bits per heavy atom. The summed E-state index contributed by atoms with van der Waals surface area (Å²) < 4.78 is 7.37. The molecule has 4 rings (SSSR count). The van der Waals surface area contributed by atoms with Crippen molar-refractivity contribution in [3.8, 4) is 11.4 Å². The van der Waals surface area contributed by atoms with Crippen molar-refractivity contribution in [2.24, 2.45) is 5.92 Å². The second kappa shape index (κ2) is 7.88. The minimum absolute atomic E-state index is 0.0691. The molecular weight excluding hydrogens is 340 g/mol. The number of nitrogens with zero attached hydrogens (tertiary/aromatic N) is 4. The molecule has 0 unspecified atom stereocenters. The Labute approximate surface area is 158 Å². The van der Waals surface area contributed by atoms with Gasteiger partial charge in [0.05, 0.1) is 0 Å². The Morgan fingerprint density at radius 3 is 2.85 bits per heavy atom. The quantitative estimate of drug-likeness (QED) is 0.697. The lowest BCUT2D eigenvalue weighted by atomic mass is 9.99. The van der Waals surface area contributed by atoms with E-state index in [4.69, 9.17) is 4.74 Å². The number of rotatable bonds is 5. The molecule has 0 radical (unpaired) electrons. The van der Waals surface area contributed by atoms with Crippen LogP contribution in [0, 0.1) is 5.92 Å². The van der Waals surface area contributed by atoms with E-state index in [0.29, 0.717) is 18.0 Å². The molecule has 2 aromatic heterocycles. The van der Waals surface area contributed by atoms with Crippen LogP contribution in [0.15, 0.2) is 48.7 Å². The van der Waals surface area contributed by atoms with Crippen LogP contribution in [-0.2, 0) is 4.74 Å². The Kier molecular flexibility index (Phi) is 5.16. The number of hydrogen-bond acceptors (Lipinski definition) is 4. The minimum Gasteiger partial charge on any atom is -0.381 e. The molecule has 1 aliphatic rings. The van der Waals surface area contributed by atoms with Gasteiger partial charge in [-0.05, 0) is 49.9 Å². The molecule has 0 aliphatic carbocycles. The van der Waals surface area contributed by atoms with Gasteiger partial charge >= 0.3 is 0 Å². The van der Waals surface area contributed by atoms with E-state index < -0.39 is 0 Å². The van der Waals surface area contributed by atoms with Gasteiger partial charge in [-0.2, -0.15) is 0 Å². The van der Waals surface area contributed by atoms with Gasteiger partial charge in [0.2, 0.25) is 0 Å². The van der Waals surface area contributed by atoms with E-state index in [1.165, 1.54) is 0 Å². The van der Waals surface area contributed by atoms with Gasteiger partial charge in [-0.1, -0.05) is 18.2 Å². The zero-order valence-electron chi connectivity index (χ0n) is 15.5. The number of aromatic nitrogens is 3. The first-order chi connectivity index (χ1) is 13.3. The van der Waals surface area contributed by atoms with Gasteiger partial charge < -0.3 is 9.64 Å². The first kappa shape index (κ1) is 17.7. The number of amides is 1. The monoisotopic (exact) mass is 364 g/mol. The molecule has 0 N–H and O–H groups in total. The van der Waals surface area contributed by atoms with Crippen LogP contribution in [0.3, 0.4) is 0 Å². The summed E-state index contributed by atoms with van der Waals surface area (Å²) in [6.07, 6.45) is 3.98. The van der Waals surface area contributed by atoms with E-state index in [9.17, 15) is 4.79 Å². The fourth-order valence-electron chi connectivity index (χ4n) is 3.61. The fourth-order valence-corrected chi connectivity index (χ4v) is 3.61. The first-order valence-electron chi connectivity index (χ1n) is 9.53. The molecule has 1 amide bonds. The zero-order valence-corrected chi connectivity index (χ0v) is 15.5. The summed E-state index contributed by atoms with van der Waals surface area (Å²) in [4.78, 5) is 15.0. The van der Waals surface area contributed by atoms with Gasteiger partial charge in [-0.25, -0.2) is 0 Å². The zero-order chi connectivity index (χ0) is 18.6. The highest BCUT2D eigenvalue weighted by atomic mass is 16.5. The molecule has 140 valence electrons. The molecule has 0 spiro atoms.